The van der Waals surface area contributed by atoms with E-state index in [2.05, 4.69) is 22.1 Å². The molecule has 0 spiro atoms. The van der Waals surface area contributed by atoms with Gasteiger partial charge < -0.3 is 0 Å². The molecule has 1 fully saturated rings. The van der Waals surface area contributed by atoms with Crippen molar-refractivity contribution in [3.8, 4) is 0 Å². The SMILES string of the molecule is CC=NCc1ccc(C2CC2)nc1. The summed E-state index contributed by atoms with van der Waals surface area (Å²) in [4.78, 5) is 8.59. The first-order valence-corrected chi connectivity index (χ1v) is 4.79. The number of hydrogen-bond acceptors (Lipinski definition) is 2. The van der Waals surface area contributed by atoms with E-state index in [1.54, 1.807) is 0 Å². The third kappa shape index (κ3) is 2.14. The summed E-state index contributed by atoms with van der Waals surface area (Å²) in [5, 5.41) is 0. The van der Waals surface area contributed by atoms with E-state index < -0.39 is 0 Å². The Balaban J connectivity index is 2.04. The van der Waals surface area contributed by atoms with Crippen molar-refractivity contribution in [1.29, 1.82) is 0 Å². The van der Waals surface area contributed by atoms with E-state index in [4.69, 9.17) is 0 Å². The van der Waals surface area contributed by atoms with Crippen LogP contribution in [0.3, 0.4) is 0 Å². The molecular weight excluding hydrogens is 160 g/mol. The van der Waals surface area contributed by atoms with Crippen LogP contribution in [0.2, 0.25) is 0 Å². The molecule has 2 rings (SSSR count). The van der Waals surface area contributed by atoms with E-state index in [0.717, 1.165) is 12.5 Å². The quantitative estimate of drug-likeness (QED) is 0.646. The second-order valence-electron chi connectivity index (χ2n) is 3.46. The van der Waals surface area contributed by atoms with Crippen molar-refractivity contribution >= 4 is 6.21 Å². The normalized spacial score (nSPS) is 16.7. The molecule has 1 aromatic rings. The molecule has 2 nitrogen and oxygen atoms in total. The van der Waals surface area contributed by atoms with Gasteiger partial charge in [0, 0.05) is 17.8 Å². The van der Waals surface area contributed by atoms with Gasteiger partial charge in [-0.2, -0.15) is 0 Å². The number of aromatic nitrogens is 1. The van der Waals surface area contributed by atoms with Gasteiger partial charge in [0.05, 0.1) is 6.54 Å². The van der Waals surface area contributed by atoms with Gasteiger partial charge in [0.25, 0.3) is 0 Å². The highest BCUT2D eigenvalue weighted by Gasteiger charge is 2.24. The van der Waals surface area contributed by atoms with E-state index in [9.17, 15) is 0 Å². The van der Waals surface area contributed by atoms with Crippen LogP contribution in [0.4, 0.5) is 0 Å². The second kappa shape index (κ2) is 3.69. The molecule has 0 aromatic carbocycles. The Morgan fingerprint density at radius 2 is 2.38 bits per heavy atom. The average Bonchev–Trinajstić information content (AvgIpc) is 2.99. The summed E-state index contributed by atoms with van der Waals surface area (Å²) in [6.45, 7) is 2.69. The van der Waals surface area contributed by atoms with Crippen molar-refractivity contribution in [2.75, 3.05) is 0 Å². The van der Waals surface area contributed by atoms with Crippen LogP contribution in [0, 0.1) is 0 Å². The number of pyridine rings is 1. The van der Waals surface area contributed by atoms with Gasteiger partial charge in [0.15, 0.2) is 0 Å². The highest BCUT2D eigenvalue weighted by atomic mass is 14.7. The van der Waals surface area contributed by atoms with Gasteiger partial charge in [0.1, 0.15) is 0 Å². The number of hydrogen-bond donors (Lipinski definition) is 0. The van der Waals surface area contributed by atoms with Gasteiger partial charge in [-0.25, -0.2) is 0 Å². The monoisotopic (exact) mass is 174 g/mol. The van der Waals surface area contributed by atoms with Crippen molar-refractivity contribution < 1.29 is 0 Å². The highest BCUT2D eigenvalue weighted by molar-refractivity contribution is 5.53. The van der Waals surface area contributed by atoms with Gasteiger partial charge in [-0.05, 0) is 37.6 Å². The molecule has 0 saturated heterocycles. The van der Waals surface area contributed by atoms with Gasteiger partial charge in [0.2, 0.25) is 0 Å². The fraction of sp³-hybridized carbons (Fsp3) is 0.455. The van der Waals surface area contributed by atoms with E-state index in [0.29, 0.717) is 0 Å². The van der Waals surface area contributed by atoms with Crippen LogP contribution < -0.4 is 0 Å². The largest absolute Gasteiger partial charge is 0.293 e. The predicted molar refractivity (Wildman–Crippen MR) is 54.1 cm³/mol. The Morgan fingerprint density at radius 3 is 2.92 bits per heavy atom. The minimum atomic E-state index is 0.753. The smallest absolute Gasteiger partial charge is 0.0650 e. The maximum atomic E-state index is 4.42. The lowest BCUT2D eigenvalue weighted by Crippen LogP contribution is -1.88. The van der Waals surface area contributed by atoms with E-state index >= 15 is 0 Å². The third-order valence-electron chi connectivity index (χ3n) is 2.30. The molecule has 1 heterocycles. The molecule has 1 saturated carbocycles. The highest BCUT2D eigenvalue weighted by Crippen LogP contribution is 2.38. The Bertz CT molecular complexity index is 296. The van der Waals surface area contributed by atoms with Crippen molar-refractivity contribution in [2.24, 2.45) is 4.99 Å². The molecule has 0 bridgehead atoms. The van der Waals surface area contributed by atoms with E-state index in [1.807, 2.05) is 19.3 Å². The van der Waals surface area contributed by atoms with Gasteiger partial charge in [-0.3, -0.25) is 9.98 Å². The van der Waals surface area contributed by atoms with E-state index in [1.165, 1.54) is 24.1 Å². The lowest BCUT2D eigenvalue weighted by atomic mass is 10.2. The minimum absolute atomic E-state index is 0.753. The topological polar surface area (TPSA) is 25.2 Å². The summed E-state index contributed by atoms with van der Waals surface area (Å²) in [6.07, 6.45) is 6.41. The zero-order valence-corrected chi connectivity index (χ0v) is 7.90. The maximum Gasteiger partial charge on any atom is 0.0650 e. The summed E-state index contributed by atoms with van der Waals surface area (Å²) in [6, 6.07) is 4.27. The summed E-state index contributed by atoms with van der Waals surface area (Å²) < 4.78 is 0. The first-order chi connectivity index (χ1) is 6.40. The fourth-order valence-electron chi connectivity index (χ4n) is 1.35. The maximum absolute atomic E-state index is 4.42. The molecule has 0 aliphatic heterocycles. The molecule has 0 amide bonds. The van der Waals surface area contributed by atoms with Crippen molar-refractivity contribution in [2.45, 2.75) is 32.2 Å². The van der Waals surface area contributed by atoms with Crippen LogP contribution in [-0.2, 0) is 6.54 Å². The standard InChI is InChI=1S/C11H14N2/c1-2-12-7-9-3-6-11(13-8-9)10-4-5-10/h2-3,6,8,10H,4-5,7H2,1H3. The van der Waals surface area contributed by atoms with Crippen LogP contribution in [0.15, 0.2) is 23.3 Å². The molecule has 0 N–H and O–H groups in total. The summed E-state index contributed by atoms with van der Waals surface area (Å²) in [7, 11) is 0. The number of nitrogens with zero attached hydrogens (tertiary/aromatic N) is 2. The second-order valence-corrected chi connectivity index (χ2v) is 3.46. The fourth-order valence-corrected chi connectivity index (χ4v) is 1.35. The Kier molecular flexibility index (Phi) is 2.39. The lowest BCUT2D eigenvalue weighted by molar-refractivity contribution is 0.982. The molecule has 0 atom stereocenters. The van der Waals surface area contributed by atoms with Crippen LogP contribution >= 0.6 is 0 Å². The van der Waals surface area contributed by atoms with Gasteiger partial charge in [-0.1, -0.05) is 6.07 Å². The average molecular weight is 174 g/mol. The first kappa shape index (κ1) is 8.42. The van der Waals surface area contributed by atoms with Gasteiger partial charge >= 0.3 is 0 Å². The Labute approximate surface area is 78.7 Å². The van der Waals surface area contributed by atoms with Crippen LogP contribution in [0.1, 0.15) is 36.9 Å². The molecule has 0 radical (unpaired) electrons. The molecule has 1 aromatic heterocycles. The van der Waals surface area contributed by atoms with Crippen molar-refractivity contribution in [3.05, 3.63) is 29.6 Å². The lowest BCUT2D eigenvalue weighted by Gasteiger charge is -1.98. The van der Waals surface area contributed by atoms with Crippen LogP contribution in [0.25, 0.3) is 0 Å². The first-order valence-electron chi connectivity index (χ1n) is 4.79. The zero-order valence-electron chi connectivity index (χ0n) is 7.90. The zero-order chi connectivity index (χ0) is 9.10. The minimum Gasteiger partial charge on any atom is -0.293 e. The number of rotatable bonds is 3. The molecule has 1 aliphatic carbocycles. The summed E-state index contributed by atoms with van der Waals surface area (Å²) in [5.74, 6) is 0.753. The summed E-state index contributed by atoms with van der Waals surface area (Å²) >= 11 is 0. The molecule has 1 aliphatic rings. The Morgan fingerprint density at radius 1 is 1.54 bits per heavy atom. The Hall–Kier alpha value is -1.18. The van der Waals surface area contributed by atoms with Crippen LogP contribution in [-0.4, -0.2) is 11.2 Å². The molecule has 68 valence electrons. The molecular formula is C11H14N2. The summed E-state index contributed by atoms with van der Waals surface area (Å²) in [5.41, 5.74) is 2.45. The van der Waals surface area contributed by atoms with Crippen molar-refractivity contribution in [3.63, 3.8) is 0 Å². The van der Waals surface area contributed by atoms with Gasteiger partial charge in [-0.15, -0.1) is 0 Å². The molecule has 13 heavy (non-hydrogen) atoms. The third-order valence-corrected chi connectivity index (χ3v) is 2.30. The molecule has 0 unspecified atom stereocenters. The van der Waals surface area contributed by atoms with E-state index in [-0.39, 0.29) is 0 Å². The molecule has 2 heteroatoms. The van der Waals surface area contributed by atoms with Crippen molar-refractivity contribution in [1.82, 2.24) is 4.98 Å². The number of aliphatic imine (C=N–C) groups is 1. The van der Waals surface area contributed by atoms with Crippen LogP contribution in [0.5, 0.6) is 0 Å². The predicted octanol–water partition coefficient (Wildman–Crippen LogP) is 2.55.